The maximum Gasteiger partial charge on any atom is 0.251 e. The maximum absolute atomic E-state index is 12.1. The van der Waals surface area contributed by atoms with E-state index in [1.54, 1.807) is 18.2 Å². The summed E-state index contributed by atoms with van der Waals surface area (Å²) in [5.41, 5.74) is 2.50. The van der Waals surface area contributed by atoms with E-state index in [4.69, 9.17) is 16.0 Å². The van der Waals surface area contributed by atoms with Crippen LogP contribution >= 0.6 is 11.6 Å². The van der Waals surface area contributed by atoms with Crippen LogP contribution in [0.4, 0.5) is 0 Å². The Hall–Kier alpha value is -2.66. The Labute approximate surface area is 144 Å². The number of aryl methyl sites for hydroxylation is 1. The van der Waals surface area contributed by atoms with Crippen LogP contribution in [0.3, 0.4) is 0 Å². The summed E-state index contributed by atoms with van der Waals surface area (Å²) in [4.78, 5) is 12.1. The lowest BCUT2D eigenvalue weighted by atomic mass is 10.1. The molecule has 1 aromatic heterocycles. The predicted molar refractivity (Wildman–Crippen MR) is 92.0 cm³/mol. The van der Waals surface area contributed by atoms with Gasteiger partial charge in [0.1, 0.15) is 0 Å². The second-order valence-electron chi connectivity index (χ2n) is 5.38. The fourth-order valence-corrected chi connectivity index (χ4v) is 2.36. The molecule has 1 heterocycles. The van der Waals surface area contributed by atoms with Crippen LogP contribution < -0.4 is 5.32 Å². The van der Waals surface area contributed by atoms with Gasteiger partial charge >= 0.3 is 0 Å². The first-order valence-electron chi connectivity index (χ1n) is 7.55. The summed E-state index contributed by atoms with van der Waals surface area (Å²) >= 11 is 5.86. The van der Waals surface area contributed by atoms with Crippen molar-refractivity contribution in [3.05, 3.63) is 70.6 Å². The Morgan fingerprint density at radius 3 is 2.71 bits per heavy atom. The zero-order chi connectivity index (χ0) is 16.9. The lowest BCUT2D eigenvalue weighted by Crippen LogP contribution is -2.25. The molecule has 0 saturated carbocycles. The van der Waals surface area contributed by atoms with Crippen LogP contribution in [-0.2, 0) is 6.42 Å². The summed E-state index contributed by atoms with van der Waals surface area (Å²) in [6.07, 6.45) is 0.470. The van der Waals surface area contributed by atoms with Gasteiger partial charge in [-0.05, 0) is 43.3 Å². The van der Waals surface area contributed by atoms with E-state index < -0.39 is 0 Å². The molecule has 6 heteroatoms. The summed E-state index contributed by atoms with van der Waals surface area (Å²) < 4.78 is 5.60. The second kappa shape index (κ2) is 7.27. The maximum atomic E-state index is 12.1. The van der Waals surface area contributed by atoms with Gasteiger partial charge in [0.2, 0.25) is 11.8 Å². The smallest absolute Gasteiger partial charge is 0.251 e. The molecule has 0 bridgehead atoms. The van der Waals surface area contributed by atoms with Crippen molar-refractivity contribution in [2.75, 3.05) is 6.54 Å². The summed E-state index contributed by atoms with van der Waals surface area (Å²) in [5, 5.41) is 11.5. The molecule has 0 spiro atoms. The summed E-state index contributed by atoms with van der Waals surface area (Å²) in [7, 11) is 0. The molecule has 1 N–H and O–H groups in total. The van der Waals surface area contributed by atoms with Crippen molar-refractivity contribution >= 4 is 17.5 Å². The SMILES string of the molecule is Cc1cccc(C(=O)NCCc2nnc(-c3ccc(Cl)cc3)o2)c1. The van der Waals surface area contributed by atoms with Gasteiger partial charge in [-0.15, -0.1) is 10.2 Å². The van der Waals surface area contributed by atoms with Crippen LogP contribution in [0.1, 0.15) is 21.8 Å². The van der Waals surface area contributed by atoms with Crippen LogP contribution in [0.15, 0.2) is 52.9 Å². The second-order valence-corrected chi connectivity index (χ2v) is 5.82. The molecule has 1 amide bonds. The summed E-state index contributed by atoms with van der Waals surface area (Å²) in [6, 6.07) is 14.6. The van der Waals surface area contributed by atoms with Gasteiger partial charge in [-0.2, -0.15) is 0 Å². The average Bonchev–Trinajstić information content (AvgIpc) is 3.04. The van der Waals surface area contributed by atoms with E-state index in [1.165, 1.54) is 0 Å². The molecule has 0 fully saturated rings. The van der Waals surface area contributed by atoms with Crippen molar-refractivity contribution < 1.29 is 9.21 Å². The quantitative estimate of drug-likeness (QED) is 0.768. The van der Waals surface area contributed by atoms with Crippen molar-refractivity contribution in [1.82, 2.24) is 15.5 Å². The summed E-state index contributed by atoms with van der Waals surface area (Å²) in [6.45, 7) is 2.38. The molecule has 0 saturated heterocycles. The first-order chi connectivity index (χ1) is 11.6. The van der Waals surface area contributed by atoms with Gasteiger partial charge in [0.05, 0.1) is 0 Å². The standard InChI is InChI=1S/C18H16ClN3O2/c1-12-3-2-4-14(11-12)17(23)20-10-9-16-21-22-18(24-16)13-5-7-15(19)8-6-13/h2-8,11H,9-10H2,1H3,(H,20,23). The predicted octanol–water partition coefficient (Wildman–Crippen LogP) is 3.67. The fourth-order valence-electron chi connectivity index (χ4n) is 2.24. The largest absolute Gasteiger partial charge is 0.421 e. The number of rotatable bonds is 5. The molecule has 0 atom stereocenters. The topological polar surface area (TPSA) is 68.0 Å². The third-order valence-corrected chi connectivity index (χ3v) is 3.71. The molecule has 0 aliphatic carbocycles. The van der Waals surface area contributed by atoms with Gasteiger partial charge in [-0.25, -0.2) is 0 Å². The lowest BCUT2D eigenvalue weighted by Gasteiger charge is -2.04. The van der Waals surface area contributed by atoms with Crippen LogP contribution in [0.2, 0.25) is 5.02 Å². The molecule has 3 rings (SSSR count). The minimum Gasteiger partial charge on any atom is -0.421 e. The lowest BCUT2D eigenvalue weighted by molar-refractivity contribution is 0.0953. The number of nitrogens with zero attached hydrogens (tertiary/aromatic N) is 2. The Kier molecular flexibility index (Phi) is 4.91. The van der Waals surface area contributed by atoms with Gasteiger partial charge in [0.25, 0.3) is 5.91 Å². The number of carbonyl (C=O) groups is 1. The highest BCUT2D eigenvalue weighted by atomic mass is 35.5. The first-order valence-corrected chi connectivity index (χ1v) is 7.93. The number of hydrogen-bond donors (Lipinski definition) is 1. The first kappa shape index (κ1) is 16.2. The fraction of sp³-hybridized carbons (Fsp3) is 0.167. The Bertz CT molecular complexity index is 843. The average molecular weight is 342 g/mol. The Balaban J connectivity index is 1.56. The number of carbonyl (C=O) groups excluding carboxylic acids is 1. The number of nitrogens with one attached hydrogen (secondary N) is 1. The highest BCUT2D eigenvalue weighted by Gasteiger charge is 2.10. The Morgan fingerprint density at radius 2 is 1.96 bits per heavy atom. The molecular weight excluding hydrogens is 326 g/mol. The van der Waals surface area contributed by atoms with E-state index >= 15 is 0 Å². The third kappa shape index (κ3) is 4.00. The van der Waals surface area contributed by atoms with Crippen LogP contribution in [-0.4, -0.2) is 22.6 Å². The summed E-state index contributed by atoms with van der Waals surface area (Å²) in [5.74, 6) is 0.798. The number of amides is 1. The van der Waals surface area contributed by atoms with E-state index in [1.807, 2.05) is 37.3 Å². The molecule has 5 nitrogen and oxygen atoms in total. The molecule has 0 aliphatic heterocycles. The molecule has 122 valence electrons. The van der Waals surface area contributed by atoms with Gasteiger partial charge < -0.3 is 9.73 Å². The van der Waals surface area contributed by atoms with Gasteiger partial charge in [0.15, 0.2) is 0 Å². The van der Waals surface area contributed by atoms with Crippen LogP contribution in [0.5, 0.6) is 0 Å². The van der Waals surface area contributed by atoms with Crippen molar-refractivity contribution in [3.63, 3.8) is 0 Å². The molecular formula is C18H16ClN3O2. The number of halogens is 1. The van der Waals surface area contributed by atoms with Crippen molar-refractivity contribution in [1.29, 1.82) is 0 Å². The minimum atomic E-state index is -0.115. The zero-order valence-electron chi connectivity index (χ0n) is 13.1. The van der Waals surface area contributed by atoms with Gasteiger partial charge in [-0.1, -0.05) is 29.3 Å². The Morgan fingerprint density at radius 1 is 1.17 bits per heavy atom. The normalized spacial score (nSPS) is 10.6. The molecule has 0 radical (unpaired) electrons. The zero-order valence-corrected chi connectivity index (χ0v) is 13.9. The van der Waals surface area contributed by atoms with Crippen molar-refractivity contribution in [2.24, 2.45) is 0 Å². The van der Waals surface area contributed by atoms with E-state index in [-0.39, 0.29) is 5.91 Å². The van der Waals surface area contributed by atoms with E-state index in [0.29, 0.717) is 35.3 Å². The van der Waals surface area contributed by atoms with Crippen LogP contribution in [0.25, 0.3) is 11.5 Å². The monoisotopic (exact) mass is 341 g/mol. The van der Waals surface area contributed by atoms with E-state index in [0.717, 1.165) is 11.1 Å². The third-order valence-electron chi connectivity index (χ3n) is 3.46. The minimum absolute atomic E-state index is 0.115. The van der Waals surface area contributed by atoms with Crippen molar-refractivity contribution in [2.45, 2.75) is 13.3 Å². The van der Waals surface area contributed by atoms with E-state index in [2.05, 4.69) is 15.5 Å². The molecule has 3 aromatic rings. The van der Waals surface area contributed by atoms with Gasteiger partial charge in [-0.3, -0.25) is 4.79 Å². The van der Waals surface area contributed by atoms with Gasteiger partial charge in [0, 0.05) is 29.1 Å². The highest BCUT2D eigenvalue weighted by molar-refractivity contribution is 6.30. The number of hydrogen-bond acceptors (Lipinski definition) is 4. The van der Waals surface area contributed by atoms with E-state index in [9.17, 15) is 4.79 Å². The highest BCUT2D eigenvalue weighted by Crippen LogP contribution is 2.20. The number of aromatic nitrogens is 2. The molecule has 2 aromatic carbocycles. The molecule has 0 aliphatic rings. The number of benzene rings is 2. The van der Waals surface area contributed by atoms with Crippen LogP contribution in [0, 0.1) is 6.92 Å². The van der Waals surface area contributed by atoms with Crippen molar-refractivity contribution in [3.8, 4) is 11.5 Å². The molecule has 0 unspecified atom stereocenters. The molecule has 24 heavy (non-hydrogen) atoms.